The first kappa shape index (κ1) is 17.0. The van der Waals surface area contributed by atoms with E-state index in [-0.39, 0.29) is 11.1 Å². The molecule has 1 N–H and O–H groups in total. The smallest absolute Gasteiger partial charge is 0.290 e. The molecule has 1 aromatic heterocycles. The van der Waals surface area contributed by atoms with Crippen molar-refractivity contribution in [1.82, 2.24) is 10.3 Å². The number of amides is 2. The van der Waals surface area contributed by atoms with Crippen LogP contribution in [0.2, 0.25) is 0 Å². The normalized spacial score (nSPS) is 15.3. The lowest BCUT2D eigenvalue weighted by Gasteiger charge is -2.18. The summed E-state index contributed by atoms with van der Waals surface area (Å²) in [6, 6.07) is 13.2. The van der Waals surface area contributed by atoms with E-state index < -0.39 is 0 Å². The third-order valence-electron chi connectivity index (χ3n) is 3.56. The van der Waals surface area contributed by atoms with Crippen LogP contribution in [0, 0.1) is 0 Å². The van der Waals surface area contributed by atoms with Gasteiger partial charge in [0.1, 0.15) is 18.2 Å². The van der Waals surface area contributed by atoms with Gasteiger partial charge in [-0.1, -0.05) is 18.2 Å². The van der Waals surface area contributed by atoms with E-state index in [1.165, 1.54) is 0 Å². The minimum absolute atomic E-state index is 0.340. The zero-order valence-corrected chi connectivity index (χ0v) is 14.5. The molecule has 0 unspecified atom stereocenters. The molecule has 0 spiro atoms. The van der Waals surface area contributed by atoms with Crippen LogP contribution in [0.5, 0.6) is 5.75 Å². The monoisotopic (exact) mass is 357 g/mol. The first-order valence-corrected chi connectivity index (χ1v) is 8.53. The van der Waals surface area contributed by atoms with E-state index in [0.29, 0.717) is 18.1 Å². The van der Waals surface area contributed by atoms with Gasteiger partial charge in [-0.15, -0.1) is 0 Å². The molecule has 3 rings (SSSR count). The van der Waals surface area contributed by atoms with Gasteiger partial charge in [-0.2, -0.15) is 0 Å². The highest BCUT2D eigenvalue weighted by Crippen LogP contribution is 2.26. The highest BCUT2D eigenvalue weighted by atomic mass is 32.2. The predicted octanol–water partition coefficient (Wildman–Crippen LogP) is 2.92. The molecule has 1 aliphatic rings. The Morgan fingerprint density at radius 2 is 2.00 bits per heavy atom. The molecule has 1 fully saturated rings. The summed E-state index contributed by atoms with van der Waals surface area (Å²) in [6.45, 7) is 1.24. The molecule has 2 amide bonds. The molecule has 0 atom stereocenters. The van der Waals surface area contributed by atoms with Crippen molar-refractivity contribution in [2.24, 2.45) is 0 Å². The second-order valence-corrected chi connectivity index (χ2v) is 6.39. The zero-order chi connectivity index (χ0) is 17.6. The topological polar surface area (TPSA) is 71.5 Å². The second-order valence-electron chi connectivity index (χ2n) is 5.38. The fraction of sp³-hybridized carbons (Fsp3) is 0.167. The van der Waals surface area contributed by atoms with E-state index in [9.17, 15) is 9.59 Å². The maximum Gasteiger partial charge on any atom is 0.290 e. The number of carbonyl (C=O) groups is 2. The molecule has 0 aliphatic carbocycles. The van der Waals surface area contributed by atoms with Crippen LogP contribution in [-0.4, -0.2) is 36.3 Å². The van der Waals surface area contributed by atoms with Crippen molar-refractivity contribution in [2.75, 3.05) is 25.1 Å². The summed E-state index contributed by atoms with van der Waals surface area (Å²) in [4.78, 5) is 29.4. The van der Waals surface area contributed by atoms with E-state index in [2.05, 4.69) is 10.3 Å². The Bertz CT molecular complexity index is 791. The van der Waals surface area contributed by atoms with Crippen LogP contribution >= 0.6 is 11.8 Å². The van der Waals surface area contributed by atoms with Gasteiger partial charge < -0.3 is 9.64 Å². The standard InChI is InChI=1S/C18H17N3O3S/c1-21(16-4-2-3-9-19-16)10-11-24-14-7-5-13(6-8-14)12-15-17(22)20-18(23)25-15/h2-9,12H,10-11H2,1H3,(H,20,22,23)/b15-12-/i12+2. The first-order chi connectivity index (χ1) is 12.1. The Balaban J connectivity index is 1.52. The molecule has 2 heterocycles. The summed E-state index contributed by atoms with van der Waals surface area (Å²) in [6.07, 6.45) is 3.44. The lowest BCUT2D eigenvalue weighted by molar-refractivity contribution is -0.115. The van der Waals surface area contributed by atoms with Gasteiger partial charge in [-0.3, -0.25) is 14.9 Å². The second kappa shape index (κ2) is 7.85. The first-order valence-electron chi connectivity index (χ1n) is 7.72. The van der Waals surface area contributed by atoms with Crippen LogP contribution in [0.15, 0.2) is 53.6 Å². The van der Waals surface area contributed by atoms with E-state index in [1.54, 1.807) is 12.3 Å². The molecule has 1 aromatic carbocycles. The molecule has 128 valence electrons. The molecular formula is C18H17N3O3S. The molecule has 0 bridgehead atoms. The van der Waals surface area contributed by atoms with Gasteiger partial charge in [-0.25, -0.2) is 4.98 Å². The molecule has 0 saturated carbocycles. The molecule has 6 nitrogen and oxygen atoms in total. The minimum Gasteiger partial charge on any atom is -0.492 e. The summed E-state index contributed by atoms with van der Waals surface area (Å²) >= 11 is 0.907. The Morgan fingerprint density at radius 3 is 2.64 bits per heavy atom. The number of likely N-dealkylation sites (N-methyl/N-ethyl adjacent to an activating group) is 1. The van der Waals surface area contributed by atoms with E-state index >= 15 is 0 Å². The quantitative estimate of drug-likeness (QED) is 0.802. The number of hydrogen-bond acceptors (Lipinski definition) is 6. The summed E-state index contributed by atoms with van der Waals surface area (Å²) in [5.74, 6) is 1.29. The van der Waals surface area contributed by atoms with Crippen LogP contribution < -0.4 is 15.0 Å². The SMILES string of the molecule is CN(CCOc1ccc(/[14CH]=C2\SC(=O)NC2=O)cc1)c1ccccn1. The minimum atomic E-state index is -0.354. The Labute approximate surface area is 149 Å². The molecule has 1 saturated heterocycles. The summed E-state index contributed by atoms with van der Waals surface area (Å²) < 4.78 is 5.73. The van der Waals surface area contributed by atoms with Crippen LogP contribution in [0.25, 0.3) is 6.08 Å². The van der Waals surface area contributed by atoms with E-state index in [4.69, 9.17) is 4.74 Å². The van der Waals surface area contributed by atoms with Gasteiger partial charge in [0.15, 0.2) is 0 Å². The van der Waals surface area contributed by atoms with Crippen LogP contribution in [-0.2, 0) is 4.79 Å². The largest absolute Gasteiger partial charge is 0.492 e. The lowest BCUT2D eigenvalue weighted by atomic mass is 10.3. The van der Waals surface area contributed by atoms with Gasteiger partial charge >= 0.3 is 0 Å². The van der Waals surface area contributed by atoms with Gasteiger partial charge in [0.25, 0.3) is 11.1 Å². The number of anilines is 1. The van der Waals surface area contributed by atoms with Crippen LogP contribution in [0.3, 0.4) is 0 Å². The highest BCUT2D eigenvalue weighted by molar-refractivity contribution is 8.18. The average Bonchev–Trinajstić information content (AvgIpc) is 2.94. The molecule has 1 aliphatic heterocycles. The Hall–Kier alpha value is -2.80. The highest BCUT2D eigenvalue weighted by Gasteiger charge is 2.24. The maximum atomic E-state index is 11.5. The fourth-order valence-corrected chi connectivity index (χ4v) is 2.91. The number of nitrogens with one attached hydrogen (secondary N) is 1. The number of hydrogen-bond donors (Lipinski definition) is 1. The number of rotatable bonds is 6. The van der Waals surface area contributed by atoms with Crippen LogP contribution in [0.1, 0.15) is 5.56 Å². The number of thioether (sulfide) groups is 1. The third kappa shape index (κ3) is 4.60. The van der Waals surface area contributed by atoms with Crippen molar-refractivity contribution >= 4 is 34.8 Å². The maximum absolute atomic E-state index is 11.5. The number of pyridine rings is 1. The van der Waals surface area contributed by atoms with Crippen molar-refractivity contribution in [2.45, 2.75) is 0 Å². The predicted molar refractivity (Wildman–Crippen MR) is 98.6 cm³/mol. The van der Waals surface area contributed by atoms with Crippen molar-refractivity contribution in [3.8, 4) is 5.75 Å². The number of imide groups is 1. The van der Waals surface area contributed by atoms with Crippen molar-refractivity contribution in [3.05, 3.63) is 59.1 Å². The van der Waals surface area contributed by atoms with Gasteiger partial charge in [0.05, 0.1) is 11.4 Å². The summed E-state index contributed by atoms with van der Waals surface area (Å²) in [5.41, 5.74) is 0.838. The average molecular weight is 357 g/mol. The Morgan fingerprint density at radius 1 is 1.20 bits per heavy atom. The van der Waals surface area contributed by atoms with Gasteiger partial charge in [0, 0.05) is 13.2 Å². The number of nitrogens with zero attached hydrogens (tertiary/aromatic N) is 2. The fourth-order valence-electron chi connectivity index (χ4n) is 2.23. The summed E-state index contributed by atoms with van der Waals surface area (Å²) in [7, 11) is 1.96. The number of carbonyl (C=O) groups excluding carboxylic acids is 2. The van der Waals surface area contributed by atoms with Crippen molar-refractivity contribution in [1.29, 1.82) is 0 Å². The molecule has 0 radical (unpaired) electrons. The lowest BCUT2D eigenvalue weighted by Crippen LogP contribution is -2.24. The molecule has 25 heavy (non-hydrogen) atoms. The van der Waals surface area contributed by atoms with Crippen molar-refractivity contribution < 1.29 is 14.3 Å². The van der Waals surface area contributed by atoms with E-state index in [1.807, 2.05) is 54.4 Å². The molecule has 7 heteroatoms. The number of ether oxygens (including phenoxy) is 1. The number of benzene rings is 1. The molecule has 2 aromatic rings. The van der Waals surface area contributed by atoms with Gasteiger partial charge in [-0.05, 0) is 47.7 Å². The molecular weight excluding hydrogens is 340 g/mol. The van der Waals surface area contributed by atoms with Crippen LogP contribution in [0.4, 0.5) is 10.6 Å². The van der Waals surface area contributed by atoms with Crippen molar-refractivity contribution in [3.63, 3.8) is 0 Å². The number of aromatic nitrogens is 1. The summed E-state index contributed by atoms with van der Waals surface area (Å²) in [5, 5.41) is 1.89. The third-order valence-corrected chi connectivity index (χ3v) is 4.37. The zero-order valence-electron chi connectivity index (χ0n) is 13.6. The Kier molecular flexibility index (Phi) is 5.35. The van der Waals surface area contributed by atoms with Gasteiger partial charge in [0.2, 0.25) is 0 Å². The van der Waals surface area contributed by atoms with E-state index in [0.717, 1.165) is 28.9 Å².